The van der Waals surface area contributed by atoms with Gasteiger partial charge in [-0.15, -0.1) is 0 Å². The second-order valence-corrected chi connectivity index (χ2v) is 10.0. The molecule has 0 radical (unpaired) electrons. The Morgan fingerprint density at radius 3 is 2.17 bits per heavy atom. The quantitative estimate of drug-likeness (QED) is 0.696. The van der Waals surface area contributed by atoms with Gasteiger partial charge in [0.2, 0.25) is 10.0 Å². The molecule has 2 N–H and O–H groups in total. The Kier molecular flexibility index (Phi) is 5.94. The minimum atomic E-state index is -4.04. The minimum Gasteiger partial charge on any atom is -0.478 e. The van der Waals surface area contributed by atoms with Crippen LogP contribution in [0.15, 0.2) is 52.3 Å². The van der Waals surface area contributed by atoms with Gasteiger partial charge >= 0.3 is 5.97 Å². The number of benzene rings is 2. The first-order valence-electron chi connectivity index (χ1n) is 8.66. The lowest BCUT2D eigenvalue weighted by Crippen LogP contribution is -2.40. The Morgan fingerprint density at radius 1 is 1.00 bits per heavy atom. The number of rotatable bonds is 6. The van der Waals surface area contributed by atoms with Crippen LogP contribution in [0, 0.1) is 6.92 Å². The molecule has 2 aromatic carbocycles. The molecule has 1 aliphatic heterocycles. The molecule has 0 atom stereocenters. The fraction of sp³-hybridized carbons (Fsp3) is 0.278. The first kappa shape index (κ1) is 21.2. The van der Waals surface area contributed by atoms with Crippen LogP contribution in [0.25, 0.3) is 0 Å². The van der Waals surface area contributed by atoms with Gasteiger partial charge < -0.3 is 9.84 Å². The lowest BCUT2D eigenvalue weighted by Gasteiger charge is -2.26. The number of morpholine rings is 1. The van der Waals surface area contributed by atoms with Gasteiger partial charge in [-0.1, -0.05) is 6.07 Å². The smallest absolute Gasteiger partial charge is 0.335 e. The number of nitrogens with one attached hydrogen (secondary N) is 1. The predicted octanol–water partition coefficient (Wildman–Crippen LogP) is 1.51. The van der Waals surface area contributed by atoms with E-state index in [1.807, 2.05) is 0 Å². The lowest BCUT2D eigenvalue weighted by atomic mass is 10.1. The van der Waals surface area contributed by atoms with Crippen LogP contribution in [-0.4, -0.2) is 58.5 Å². The van der Waals surface area contributed by atoms with Crippen molar-refractivity contribution in [3.63, 3.8) is 0 Å². The predicted molar refractivity (Wildman–Crippen MR) is 105 cm³/mol. The van der Waals surface area contributed by atoms with Gasteiger partial charge in [-0.2, -0.15) is 4.31 Å². The second kappa shape index (κ2) is 8.11. The molecule has 11 heteroatoms. The minimum absolute atomic E-state index is 0.0117. The van der Waals surface area contributed by atoms with Crippen LogP contribution >= 0.6 is 0 Å². The molecule has 9 nitrogen and oxygen atoms in total. The molecule has 1 fully saturated rings. The van der Waals surface area contributed by atoms with E-state index in [1.54, 1.807) is 6.92 Å². The molecule has 0 amide bonds. The Bertz CT molecular complexity index is 1120. The van der Waals surface area contributed by atoms with Crippen molar-refractivity contribution >= 4 is 31.7 Å². The Balaban J connectivity index is 1.85. The highest BCUT2D eigenvalue weighted by Crippen LogP contribution is 2.23. The summed E-state index contributed by atoms with van der Waals surface area (Å²) in [5.41, 5.74) is 0.625. The van der Waals surface area contributed by atoms with Gasteiger partial charge in [-0.25, -0.2) is 21.6 Å². The summed E-state index contributed by atoms with van der Waals surface area (Å²) in [6.45, 7) is 2.74. The van der Waals surface area contributed by atoms with E-state index >= 15 is 0 Å². The number of carboxylic acids is 1. The molecular formula is C18H20N2O7S2. The van der Waals surface area contributed by atoms with Crippen LogP contribution in [0.1, 0.15) is 15.9 Å². The largest absolute Gasteiger partial charge is 0.478 e. The molecule has 1 saturated heterocycles. The Labute approximate surface area is 169 Å². The Morgan fingerprint density at radius 2 is 1.59 bits per heavy atom. The molecule has 1 aliphatic rings. The van der Waals surface area contributed by atoms with E-state index in [-0.39, 0.29) is 34.1 Å². The summed E-state index contributed by atoms with van der Waals surface area (Å²) in [6, 6.07) is 8.98. The topological polar surface area (TPSA) is 130 Å². The monoisotopic (exact) mass is 440 g/mol. The maximum Gasteiger partial charge on any atom is 0.335 e. The molecule has 2 aromatic rings. The number of nitrogens with zero attached hydrogens (tertiary/aromatic N) is 1. The zero-order chi connectivity index (χ0) is 21.2. The number of aryl methyl sites for hydroxylation is 1. The number of carboxylic acid groups (broad SMARTS) is 1. The third-order valence-electron chi connectivity index (χ3n) is 4.47. The number of anilines is 1. The third-order valence-corrected chi connectivity index (χ3v) is 7.76. The van der Waals surface area contributed by atoms with Gasteiger partial charge in [0.15, 0.2) is 0 Å². The Hall–Kier alpha value is -2.47. The maximum absolute atomic E-state index is 12.7. The normalized spacial score (nSPS) is 15.8. The van der Waals surface area contributed by atoms with Crippen LogP contribution < -0.4 is 4.72 Å². The highest BCUT2D eigenvalue weighted by molar-refractivity contribution is 7.92. The summed E-state index contributed by atoms with van der Waals surface area (Å²) in [6.07, 6.45) is 0. The van der Waals surface area contributed by atoms with Gasteiger partial charge in [0, 0.05) is 13.1 Å². The molecular weight excluding hydrogens is 420 g/mol. The van der Waals surface area contributed by atoms with Gasteiger partial charge in [0.05, 0.1) is 34.3 Å². The summed E-state index contributed by atoms with van der Waals surface area (Å²) in [4.78, 5) is 11.0. The van der Waals surface area contributed by atoms with Gasteiger partial charge in [-0.05, 0) is 48.9 Å². The van der Waals surface area contributed by atoms with E-state index in [1.165, 1.54) is 46.8 Å². The first-order chi connectivity index (χ1) is 13.6. The molecule has 1 heterocycles. The number of hydrogen-bond acceptors (Lipinski definition) is 6. The van der Waals surface area contributed by atoms with Gasteiger partial charge in [-0.3, -0.25) is 4.72 Å². The zero-order valence-electron chi connectivity index (χ0n) is 15.5. The number of hydrogen-bond donors (Lipinski definition) is 2. The van der Waals surface area contributed by atoms with Crippen LogP contribution in [0.2, 0.25) is 0 Å². The molecule has 0 saturated carbocycles. The zero-order valence-corrected chi connectivity index (χ0v) is 17.2. The van der Waals surface area contributed by atoms with E-state index in [9.17, 15) is 21.6 Å². The highest BCUT2D eigenvalue weighted by atomic mass is 32.2. The molecule has 0 spiro atoms. The fourth-order valence-corrected chi connectivity index (χ4v) is 5.33. The van der Waals surface area contributed by atoms with Gasteiger partial charge in [0.1, 0.15) is 0 Å². The average molecular weight is 440 g/mol. The molecule has 0 bridgehead atoms. The van der Waals surface area contributed by atoms with Crippen LogP contribution in [0.5, 0.6) is 0 Å². The number of ether oxygens (including phenoxy) is 1. The summed E-state index contributed by atoms with van der Waals surface area (Å²) >= 11 is 0. The molecule has 0 aliphatic carbocycles. The van der Waals surface area contributed by atoms with Crippen molar-refractivity contribution in [1.82, 2.24) is 4.31 Å². The molecule has 0 unspecified atom stereocenters. The van der Waals surface area contributed by atoms with Crippen molar-refractivity contribution in [2.45, 2.75) is 16.7 Å². The van der Waals surface area contributed by atoms with Crippen molar-refractivity contribution in [2.24, 2.45) is 0 Å². The van der Waals surface area contributed by atoms with Crippen molar-refractivity contribution in [3.05, 3.63) is 53.6 Å². The SMILES string of the molecule is Cc1ccc(C(=O)O)cc1NS(=O)(=O)c1ccc(S(=O)(=O)N2CCOCC2)cc1. The van der Waals surface area contributed by atoms with E-state index in [4.69, 9.17) is 9.84 Å². The molecule has 0 aromatic heterocycles. The third kappa shape index (κ3) is 4.58. The summed E-state index contributed by atoms with van der Waals surface area (Å²) < 4.78 is 59.4. The number of carbonyl (C=O) groups is 1. The van der Waals surface area contributed by atoms with Crippen molar-refractivity contribution < 1.29 is 31.5 Å². The van der Waals surface area contributed by atoms with Crippen LogP contribution in [0.4, 0.5) is 5.69 Å². The second-order valence-electron chi connectivity index (χ2n) is 6.43. The van der Waals surface area contributed by atoms with Crippen molar-refractivity contribution in [3.8, 4) is 0 Å². The van der Waals surface area contributed by atoms with E-state index in [0.29, 0.717) is 18.8 Å². The fourth-order valence-electron chi connectivity index (χ4n) is 2.80. The molecule has 3 rings (SSSR count). The van der Waals surface area contributed by atoms with Crippen molar-refractivity contribution in [2.75, 3.05) is 31.0 Å². The lowest BCUT2D eigenvalue weighted by molar-refractivity contribution is 0.0697. The van der Waals surface area contributed by atoms with Crippen molar-refractivity contribution in [1.29, 1.82) is 0 Å². The van der Waals surface area contributed by atoms with Crippen LogP contribution in [-0.2, 0) is 24.8 Å². The summed E-state index contributed by atoms with van der Waals surface area (Å²) in [7, 11) is -7.77. The molecule has 29 heavy (non-hydrogen) atoms. The van der Waals surface area contributed by atoms with E-state index in [0.717, 1.165) is 0 Å². The molecule has 156 valence electrons. The van der Waals surface area contributed by atoms with Crippen LogP contribution in [0.3, 0.4) is 0 Å². The number of sulfonamides is 2. The summed E-state index contributed by atoms with van der Waals surface area (Å²) in [5.74, 6) is -1.18. The highest BCUT2D eigenvalue weighted by Gasteiger charge is 2.27. The number of aromatic carboxylic acids is 1. The average Bonchev–Trinajstić information content (AvgIpc) is 2.70. The van der Waals surface area contributed by atoms with E-state index < -0.39 is 26.0 Å². The standard InChI is InChI=1S/C18H20N2O7S2/c1-13-2-3-14(18(21)22)12-17(13)19-28(23,24)15-4-6-16(7-5-15)29(25,26)20-8-10-27-11-9-20/h2-7,12,19H,8-11H2,1H3,(H,21,22). The summed E-state index contributed by atoms with van der Waals surface area (Å²) in [5, 5.41) is 9.08. The first-order valence-corrected chi connectivity index (χ1v) is 11.6. The van der Waals surface area contributed by atoms with E-state index in [2.05, 4.69) is 4.72 Å². The van der Waals surface area contributed by atoms with Gasteiger partial charge in [0.25, 0.3) is 10.0 Å². The maximum atomic E-state index is 12.7.